The topological polar surface area (TPSA) is 92.8 Å². The average molecular weight is 522 g/mol. The van der Waals surface area contributed by atoms with Crippen molar-refractivity contribution in [2.75, 3.05) is 47.4 Å². The van der Waals surface area contributed by atoms with E-state index in [0.29, 0.717) is 52.4 Å². The van der Waals surface area contributed by atoms with Crippen LogP contribution in [-0.2, 0) is 4.79 Å². The summed E-state index contributed by atoms with van der Waals surface area (Å²) < 4.78 is 32.8. The van der Waals surface area contributed by atoms with Gasteiger partial charge in [0.1, 0.15) is 6.33 Å². The molecular weight excluding hydrogens is 489 g/mol. The number of ether oxygens (including phenoxy) is 3. The van der Waals surface area contributed by atoms with Crippen LogP contribution >= 0.6 is 0 Å². The first-order chi connectivity index (χ1) is 18.3. The first kappa shape index (κ1) is 25.7. The van der Waals surface area contributed by atoms with E-state index in [1.54, 1.807) is 37.4 Å². The van der Waals surface area contributed by atoms with Crippen molar-refractivity contribution in [2.24, 2.45) is 5.92 Å². The third-order valence-electron chi connectivity index (χ3n) is 6.82. The number of piperidine rings is 1. The Labute approximate surface area is 220 Å². The van der Waals surface area contributed by atoms with Gasteiger partial charge in [0.15, 0.2) is 23.1 Å². The van der Waals surface area contributed by atoms with Crippen molar-refractivity contribution in [3.63, 3.8) is 0 Å². The Morgan fingerprint density at radius 2 is 1.89 bits per heavy atom. The molecule has 9 nitrogen and oxygen atoms in total. The van der Waals surface area contributed by atoms with Crippen LogP contribution in [0, 0.1) is 18.7 Å². The standard InChI is InChI=1S/C28H32FN5O4/c1-17-11-19-21(32-17)5-6-23(27(19)29)38-28-20-12-24(36-4)25(13-22(20)30-16-31-28)37-15-18-7-9-34(10-8-18)26(35)14-33(2)3/h5-6,11-13,16,18,32H,7-10,14-15H2,1-4H3. The summed E-state index contributed by atoms with van der Waals surface area (Å²) in [6, 6.07) is 8.63. The number of aromatic nitrogens is 3. The molecule has 0 aliphatic carbocycles. The molecule has 1 N–H and O–H groups in total. The fourth-order valence-electron chi connectivity index (χ4n) is 4.79. The van der Waals surface area contributed by atoms with Gasteiger partial charge in [-0.15, -0.1) is 0 Å². The molecule has 0 saturated carbocycles. The Kier molecular flexibility index (Phi) is 7.33. The summed E-state index contributed by atoms with van der Waals surface area (Å²) in [5.74, 6) is 1.40. The number of hydrogen-bond acceptors (Lipinski definition) is 7. The van der Waals surface area contributed by atoms with Crippen molar-refractivity contribution < 1.29 is 23.4 Å². The highest BCUT2D eigenvalue weighted by molar-refractivity contribution is 5.87. The molecule has 0 spiro atoms. The SMILES string of the molecule is COc1cc2c(Oc3ccc4[nH]c(C)cc4c3F)ncnc2cc1OCC1CCN(C(=O)CN(C)C)CC1. The van der Waals surface area contributed by atoms with Gasteiger partial charge in [0.05, 0.1) is 31.2 Å². The summed E-state index contributed by atoms with van der Waals surface area (Å²) in [6.45, 7) is 4.27. The number of carbonyl (C=O) groups excluding carboxylic acids is 1. The summed E-state index contributed by atoms with van der Waals surface area (Å²) in [5, 5.41) is 1.04. The lowest BCUT2D eigenvalue weighted by Gasteiger charge is -2.32. The van der Waals surface area contributed by atoms with Crippen LogP contribution in [0.25, 0.3) is 21.8 Å². The minimum atomic E-state index is -0.458. The Morgan fingerprint density at radius 3 is 2.63 bits per heavy atom. The van der Waals surface area contributed by atoms with Gasteiger partial charge in [0.25, 0.3) is 0 Å². The predicted octanol–water partition coefficient (Wildman–Crippen LogP) is 4.54. The number of methoxy groups -OCH3 is 1. The fourth-order valence-corrected chi connectivity index (χ4v) is 4.79. The first-order valence-corrected chi connectivity index (χ1v) is 12.7. The third kappa shape index (κ3) is 5.35. The molecule has 1 amide bonds. The van der Waals surface area contributed by atoms with Gasteiger partial charge in [-0.2, -0.15) is 0 Å². The number of nitrogens with zero attached hydrogens (tertiary/aromatic N) is 4. The Bertz CT molecular complexity index is 1460. The number of aromatic amines is 1. The zero-order chi connectivity index (χ0) is 26.8. The maximum absolute atomic E-state index is 15.1. The molecule has 1 saturated heterocycles. The molecule has 5 rings (SSSR count). The lowest BCUT2D eigenvalue weighted by Crippen LogP contribution is -2.43. The normalized spacial score (nSPS) is 14.4. The summed E-state index contributed by atoms with van der Waals surface area (Å²) in [5.41, 5.74) is 2.16. The monoisotopic (exact) mass is 521 g/mol. The van der Waals surface area contributed by atoms with E-state index in [2.05, 4.69) is 15.0 Å². The quantitative estimate of drug-likeness (QED) is 0.364. The molecule has 2 aromatic heterocycles. The van der Waals surface area contributed by atoms with E-state index in [0.717, 1.165) is 31.6 Å². The molecule has 1 fully saturated rings. The zero-order valence-electron chi connectivity index (χ0n) is 22.1. The van der Waals surface area contributed by atoms with Gasteiger partial charge < -0.3 is 29.0 Å². The number of nitrogens with one attached hydrogen (secondary N) is 1. The number of likely N-dealkylation sites (tertiary alicyclic amines) is 1. The minimum absolute atomic E-state index is 0.0752. The molecule has 3 heterocycles. The van der Waals surface area contributed by atoms with Gasteiger partial charge in [-0.3, -0.25) is 4.79 Å². The van der Waals surface area contributed by atoms with Crippen LogP contribution in [0.4, 0.5) is 4.39 Å². The first-order valence-electron chi connectivity index (χ1n) is 12.7. The highest BCUT2D eigenvalue weighted by atomic mass is 19.1. The van der Waals surface area contributed by atoms with Crippen LogP contribution < -0.4 is 14.2 Å². The van der Waals surface area contributed by atoms with Gasteiger partial charge >= 0.3 is 0 Å². The highest BCUT2D eigenvalue weighted by Gasteiger charge is 2.24. The van der Waals surface area contributed by atoms with E-state index in [1.165, 1.54) is 6.33 Å². The second-order valence-electron chi connectivity index (χ2n) is 9.97. The van der Waals surface area contributed by atoms with Crippen molar-refractivity contribution in [1.29, 1.82) is 0 Å². The van der Waals surface area contributed by atoms with Crippen LogP contribution in [0.1, 0.15) is 18.5 Å². The average Bonchev–Trinajstić information content (AvgIpc) is 3.29. The van der Waals surface area contributed by atoms with E-state index in [4.69, 9.17) is 14.2 Å². The smallest absolute Gasteiger partial charge is 0.236 e. The number of carbonyl (C=O) groups is 1. The van der Waals surface area contributed by atoms with Gasteiger partial charge in [-0.05, 0) is 64.0 Å². The van der Waals surface area contributed by atoms with Crippen molar-refractivity contribution in [2.45, 2.75) is 19.8 Å². The predicted molar refractivity (Wildman–Crippen MR) is 143 cm³/mol. The molecule has 10 heteroatoms. The van der Waals surface area contributed by atoms with Gasteiger partial charge in [-0.1, -0.05) is 0 Å². The van der Waals surface area contributed by atoms with Crippen LogP contribution in [-0.4, -0.2) is 78.1 Å². The highest BCUT2D eigenvalue weighted by Crippen LogP contribution is 2.38. The minimum Gasteiger partial charge on any atom is -0.493 e. The van der Waals surface area contributed by atoms with E-state index in [-0.39, 0.29) is 17.5 Å². The van der Waals surface area contributed by atoms with Crippen molar-refractivity contribution in [1.82, 2.24) is 24.8 Å². The fraction of sp³-hybridized carbons (Fsp3) is 0.393. The number of fused-ring (bicyclic) bond motifs is 2. The van der Waals surface area contributed by atoms with E-state index < -0.39 is 5.82 Å². The number of aryl methyl sites for hydroxylation is 1. The van der Waals surface area contributed by atoms with Crippen molar-refractivity contribution in [3.8, 4) is 23.1 Å². The van der Waals surface area contributed by atoms with Crippen molar-refractivity contribution >= 4 is 27.7 Å². The maximum atomic E-state index is 15.1. The second kappa shape index (κ2) is 10.8. The number of likely N-dealkylation sites (N-methyl/N-ethyl adjacent to an activating group) is 1. The Hall–Kier alpha value is -3.92. The molecular formula is C28H32FN5O4. The maximum Gasteiger partial charge on any atom is 0.236 e. The van der Waals surface area contributed by atoms with E-state index in [9.17, 15) is 4.79 Å². The lowest BCUT2D eigenvalue weighted by molar-refractivity contribution is -0.133. The lowest BCUT2D eigenvalue weighted by atomic mass is 9.97. The van der Waals surface area contributed by atoms with Crippen LogP contribution in [0.15, 0.2) is 36.7 Å². The summed E-state index contributed by atoms with van der Waals surface area (Å²) >= 11 is 0. The molecule has 1 aliphatic heterocycles. The number of halogens is 1. The molecule has 200 valence electrons. The van der Waals surface area contributed by atoms with E-state index in [1.807, 2.05) is 30.8 Å². The molecule has 2 aromatic carbocycles. The van der Waals surface area contributed by atoms with Gasteiger partial charge in [-0.25, -0.2) is 14.4 Å². The number of amides is 1. The molecule has 38 heavy (non-hydrogen) atoms. The van der Waals surface area contributed by atoms with Crippen molar-refractivity contribution in [3.05, 3.63) is 48.2 Å². The zero-order valence-corrected chi connectivity index (χ0v) is 22.1. The van der Waals surface area contributed by atoms with Crippen LogP contribution in [0.2, 0.25) is 0 Å². The summed E-state index contributed by atoms with van der Waals surface area (Å²) in [6.07, 6.45) is 3.14. The molecule has 1 aliphatic rings. The summed E-state index contributed by atoms with van der Waals surface area (Å²) in [4.78, 5) is 27.9. The second-order valence-corrected chi connectivity index (χ2v) is 9.97. The van der Waals surface area contributed by atoms with E-state index >= 15 is 4.39 Å². The van der Waals surface area contributed by atoms with Gasteiger partial charge in [0.2, 0.25) is 11.8 Å². The summed E-state index contributed by atoms with van der Waals surface area (Å²) in [7, 11) is 5.36. The number of rotatable bonds is 8. The largest absolute Gasteiger partial charge is 0.493 e. The number of benzene rings is 2. The van der Waals surface area contributed by atoms with Crippen LogP contribution in [0.3, 0.4) is 0 Å². The number of hydrogen-bond donors (Lipinski definition) is 1. The third-order valence-corrected chi connectivity index (χ3v) is 6.82. The molecule has 4 aromatic rings. The molecule has 0 radical (unpaired) electrons. The molecule has 0 unspecified atom stereocenters. The Morgan fingerprint density at radius 1 is 1.11 bits per heavy atom. The van der Waals surface area contributed by atoms with Gasteiger partial charge in [0, 0.05) is 35.8 Å². The number of H-pyrrole nitrogens is 1. The van der Waals surface area contributed by atoms with Crippen LogP contribution in [0.5, 0.6) is 23.1 Å². The molecule has 0 bridgehead atoms. The molecule has 0 atom stereocenters. The Balaban J connectivity index is 1.31.